The first-order chi connectivity index (χ1) is 11.8. The molecule has 25 heavy (non-hydrogen) atoms. The van der Waals surface area contributed by atoms with Crippen molar-refractivity contribution in [3.63, 3.8) is 0 Å². The average Bonchev–Trinajstić information content (AvgIpc) is 2.49. The molecule has 0 aliphatic carbocycles. The van der Waals surface area contributed by atoms with E-state index in [1.807, 2.05) is 27.2 Å². The Kier molecular flexibility index (Phi) is 9.21. The fraction of sp³-hybridized carbons (Fsp3) is 0.600. The number of carboxylic acid groups (broad SMARTS) is 1. The minimum atomic E-state index is -0.875. The van der Waals surface area contributed by atoms with Crippen molar-refractivity contribution >= 4 is 11.9 Å². The molecule has 5 heteroatoms. The second kappa shape index (κ2) is 10.9. The molecule has 0 aliphatic rings. The van der Waals surface area contributed by atoms with Gasteiger partial charge in [-0.3, -0.25) is 9.59 Å². The number of amides is 1. The molecule has 140 valence electrons. The lowest BCUT2D eigenvalue weighted by Crippen LogP contribution is -2.49. The van der Waals surface area contributed by atoms with E-state index >= 15 is 0 Å². The Hall–Kier alpha value is -1.88. The van der Waals surface area contributed by atoms with Crippen LogP contribution in [-0.2, 0) is 16.0 Å². The number of unbranched alkanes of at least 4 members (excludes halogenated alkanes) is 3. The van der Waals surface area contributed by atoms with Gasteiger partial charge in [0.1, 0.15) is 0 Å². The smallest absolute Gasteiger partial charge is 0.305 e. The monoisotopic (exact) mass is 349 g/mol. The van der Waals surface area contributed by atoms with Gasteiger partial charge in [-0.05, 0) is 24.8 Å². The highest BCUT2D eigenvalue weighted by Crippen LogP contribution is 2.09. The molecule has 0 saturated carbocycles. The predicted molar refractivity (Wildman–Crippen MR) is 100 cm³/mol. The number of benzene rings is 1. The first kappa shape index (κ1) is 21.2. The van der Waals surface area contributed by atoms with Crippen LogP contribution in [-0.4, -0.2) is 55.2 Å². The minimum Gasteiger partial charge on any atom is -0.481 e. The molecule has 0 saturated heterocycles. The van der Waals surface area contributed by atoms with E-state index in [1.54, 1.807) is 0 Å². The van der Waals surface area contributed by atoms with Crippen LogP contribution in [0.15, 0.2) is 30.3 Å². The molecule has 1 aromatic rings. The van der Waals surface area contributed by atoms with E-state index in [-0.39, 0.29) is 18.4 Å². The Morgan fingerprint density at radius 2 is 1.68 bits per heavy atom. The highest BCUT2D eigenvalue weighted by Gasteiger charge is 2.22. The van der Waals surface area contributed by atoms with Crippen LogP contribution >= 0.6 is 0 Å². The third-order valence-corrected chi connectivity index (χ3v) is 4.02. The number of aryl methyl sites for hydroxylation is 1. The zero-order valence-electron chi connectivity index (χ0n) is 15.8. The second-order valence-corrected chi connectivity index (χ2v) is 7.74. The number of carboxylic acids is 1. The van der Waals surface area contributed by atoms with Crippen molar-refractivity contribution in [2.45, 2.75) is 51.0 Å². The Labute approximate surface area is 151 Å². The van der Waals surface area contributed by atoms with Crippen LogP contribution in [0.25, 0.3) is 0 Å². The SMILES string of the molecule is C[N+](C)(C)C[C@@H](CC(=O)O)NC(=O)CCCCCCc1ccccc1. The molecule has 2 N–H and O–H groups in total. The largest absolute Gasteiger partial charge is 0.481 e. The molecule has 0 aromatic heterocycles. The lowest BCUT2D eigenvalue weighted by molar-refractivity contribution is -0.871. The third kappa shape index (κ3) is 11.3. The molecule has 0 unspecified atom stereocenters. The number of carbonyl (C=O) groups is 2. The summed E-state index contributed by atoms with van der Waals surface area (Å²) in [5.74, 6) is -0.914. The number of carbonyl (C=O) groups excluding carboxylic acids is 1. The minimum absolute atomic E-state index is 0.0294. The summed E-state index contributed by atoms with van der Waals surface area (Å²) in [5, 5.41) is 11.9. The zero-order valence-corrected chi connectivity index (χ0v) is 15.8. The lowest BCUT2D eigenvalue weighted by atomic mass is 10.1. The van der Waals surface area contributed by atoms with Gasteiger partial charge in [-0.2, -0.15) is 0 Å². The van der Waals surface area contributed by atoms with Crippen molar-refractivity contribution in [1.29, 1.82) is 0 Å². The van der Waals surface area contributed by atoms with E-state index in [4.69, 9.17) is 5.11 Å². The van der Waals surface area contributed by atoms with E-state index in [0.29, 0.717) is 17.4 Å². The van der Waals surface area contributed by atoms with Gasteiger partial charge in [0.15, 0.2) is 0 Å². The normalized spacial score (nSPS) is 12.6. The summed E-state index contributed by atoms with van der Waals surface area (Å²) < 4.78 is 0.623. The summed E-state index contributed by atoms with van der Waals surface area (Å²) in [6.07, 6.45) is 5.65. The molecule has 1 rings (SSSR count). The highest BCUT2D eigenvalue weighted by molar-refractivity contribution is 5.77. The predicted octanol–water partition coefficient (Wildman–Crippen LogP) is 2.85. The van der Waals surface area contributed by atoms with E-state index in [9.17, 15) is 9.59 Å². The van der Waals surface area contributed by atoms with Crippen molar-refractivity contribution < 1.29 is 19.2 Å². The Balaban J connectivity index is 2.20. The van der Waals surface area contributed by atoms with Crippen LogP contribution in [0, 0.1) is 0 Å². The van der Waals surface area contributed by atoms with Crippen LogP contribution in [0.3, 0.4) is 0 Å². The van der Waals surface area contributed by atoms with Gasteiger partial charge in [0.25, 0.3) is 0 Å². The number of hydrogen-bond acceptors (Lipinski definition) is 2. The van der Waals surface area contributed by atoms with Crippen LogP contribution < -0.4 is 5.32 Å². The fourth-order valence-electron chi connectivity index (χ4n) is 2.95. The van der Waals surface area contributed by atoms with Crippen molar-refractivity contribution in [3.8, 4) is 0 Å². The third-order valence-electron chi connectivity index (χ3n) is 4.02. The van der Waals surface area contributed by atoms with E-state index in [2.05, 4.69) is 29.6 Å². The second-order valence-electron chi connectivity index (χ2n) is 7.74. The lowest BCUT2D eigenvalue weighted by Gasteiger charge is -2.29. The first-order valence-corrected chi connectivity index (χ1v) is 9.12. The highest BCUT2D eigenvalue weighted by atomic mass is 16.4. The van der Waals surface area contributed by atoms with Gasteiger partial charge in [0.05, 0.1) is 40.2 Å². The first-order valence-electron chi connectivity index (χ1n) is 9.12. The number of quaternary nitrogens is 1. The molecule has 0 spiro atoms. The van der Waals surface area contributed by atoms with Crippen LogP contribution in [0.5, 0.6) is 0 Å². The van der Waals surface area contributed by atoms with Crippen molar-refractivity contribution in [1.82, 2.24) is 5.32 Å². The number of likely N-dealkylation sites (N-methyl/N-ethyl adjacent to an activating group) is 1. The Morgan fingerprint density at radius 1 is 1.04 bits per heavy atom. The van der Waals surface area contributed by atoms with E-state index < -0.39 is 5.97 Å². The number of aliphatic carboxylic acids is 1. The quantitative estimate of drug-likeness (QED) is 0.450. The van der Waals surface area contributed by atoms with Gasteiger partial charge in [-0.1, -0.05) is 43.2 Å². The number of hydrogen-bond donors (Lipinski definition) is 2. The van der Waals surface area contributed by atoms with Crippen molar-refractivity contribution in [3.05, 3.63) is 35.9 Å². The Morgan fingerprint density at radius 3 is 2.28 bits per heavy atom. The van der Waals surface area contributed by atoms with Crippen LogP contribution in [0.4, 0.5) is 0 Å². The zero-order chi connectivity index (χ0) is 18.7. The molecule has 1 amide bonds. The Bertz CT molecular complexity index is 523. The summed E-state index contributed by atoms with van der Waals surface area (Å²) >= 11 is 0. The van der Waals surface area contributed by atoms with E-state index in [0.717, 1.165) is 32.1 Å². The molecular weight excluding hydrogens is 316 g/mol. The van der Waals surface area contributed by atoms with E-state index in [1.165, 1.54) is 5.56 Å². The summed E-state index contributed by atoms with van der Waals surface area (Å²) in [5.41, 5.74) is 1.36. The van der Waals surface area contributed by atoms with Crippen LogP contribution in [0.1, 0.15) is 44.1 Å². The summed E-state index contributed by atoms with van der Waals surface area (Å²) in [7, 11) is 5.98. The standard InChI is InChI=1S/C20H32N2O3/c1-22(2,3)16-18(15-20(24)25)21-19(23)14-10-5-4-7-11-17-12-8-6-9-13-17/h6,8-9,12-13,18H,4-5,7,10-11,14-16H2,1-3H3,(H-,21,23,24,25)/p+1/t18-/m1/s1. The maximum absolute atomic E-state index is 12.1. The molecule has 5 nitrogen and oxygen atoms in total. The molecular formula is C20H33N2O3+. The maximum atomic E-state index is 12.1. The summed E-state index contributed by atoms with van der Waals surface area (Å²) in [6, 6.07) is 10.1. The number of rotatable bonds is 12. The molecule has 0 aliphatic heterocycles. The molecule has 0 fully saturated rings. The molecule has 0 bridgehead atoms. The number of nitrogens with zero attached hydrogens (tertiary/aromatic N) is 1. The molecule has 1 atom stereocenters. The molecule has 1 aromatic carbocycles. The molecule has 0 radical (unpaired) electrons. The summed E-state index contributed by atoms with van der Waals surface area (Å²) in [4.78, 5) is 23.0. The molecule has 0 heterocycles. The van der Waals surface area contributed by atoms with Gasteiger partial charge in [-0.25, -0.2) is 0 Å². The van der Waals surface area contributed by atoms with Crippen LogP contribution in [0.2, 0.25) is 0 Å². The van der Waals surface area contributed by atoms with Crippen molar-refractivity contribution in [2.24, 2.45) is 0 Å². The van der Waals surface area contributed by atoms with Gasteiger partial charge in [0, 0.05) is 6.42 Å². The summed E-state index contributed by atoms with van der Waals surface area (Å²) in [6.45, 7) is 0.606. The fourth-order valence-corrected chi connectivity index (χ4v) is 2.95. The van der Waals surface area contributed by atoms with Crippen molar-refractivity contribution in [2.75, 3.05) is 27.7 Å². The number of nitrogens with one attached hydrogen (secondary N) is 1. The topological polar surface area (TPSA) is 66.4 Å². The maximum Gasteiger partial charge on any atom is 0.305 e. The van der Waals surface area contributed by atoms with Gasteiger partial charge in [-0.15, -0.1) is 0 Å². The van der Waals surface area contributed by atoms with Gasteiger partial charge in [0.2, 0.25) is 5.91 Å². The van der Waals surface area contributed by atoms with Gasteiger partial charge < -0.3 is 14.9 Å². The van der Waals surface area contributed by atoms with Gasteiger partial charge >= 0.3 is 5.97 Å². The average molecular weight is 349 g/mol.